The van der Waals surface area contributed by atoms with Gasteiger partial charge < -0.3 is 19.5 Å². The molecule has 3 atom stereocenters. The second kappa shape index (κ2) is 9.61. The van der Waals surface area contributed by atoms with E-state index < -0.39 is 11.5 Å². The van der Waals surface area contributed by atoms with Crippen LogP contribution < -0.4 is 9.47 Å². The maximum Gasteiger partial charge on any atom is 0.217 e. The highest BCUT2D eigenvalue weighted by Gasteiger charge is 2.52. The van der Waals surface area contributed by atoms with E-state index in [0.717, 1.165) is 32.1 Å². The molecule has 5 nitrogen and oxygen atoms in total. The van der Waals surface area contributed by atoms with Crippen molar-refractivity contribution in [3.8, 4) is 11.6 Å². The number of benzene rings is 3. The van der Waals surface area contributed by atoms with Crippen molar-refractivity contribution < 1.29 is 14.6 Å². The number of hydrogen-bond acceptors (Lipinski definition) is 5. The van der Waals surface area contributed by atoms with E-state index in [2.05, 4.69) is 39.0 Å². The maximum atomic E-state index is 12.9. The lowest BCUT2D eigenvalue weighted by molar-refractivity contribution is -0.0790. The highest BCUT2D eigenvalue weighted by molar-refractivity contribution is 9.10. The van der Waals surface area contributed by atoms with Crippen LogP contribution in [-0.4, -0.2) is 49.3 Å². The van der Waals surface area contributed by atoms with E-state index in [0.29, 0.717) is 24.8 Å². The molecule has 180 valence electrons. The predicted octanol–water partition coefficient (Wildman–Crippen LogP) is 5.60. The summed E-state index contributed by atoms with van der Waals surface area (Å²) in [5, 5.41) is 13.9. The lowest BCUT2D eigenvalue weighted by Crippen LogP contribution is -2.50. The van der Waals surface area contributed by atoms with Gasteiger partial charge in [0.25, 0.3) is 0 Å². The van der Waals surface area contributed by atoms with Crippen LogP contribution in [0.25, 0.3) is 10.9 Å². The van der Waals surface area contributed by atoms with Crippen LogP contribution in [-0.2, 0) is 5.60 Å². The van der Waals surface area contributed by atoms with Gasteiger partial charge >= 0.3 is 0 Å². The molecule has 35 heavy (non-hydrogen) atoms. The molecule has 0 saturated heterocycles. The maximum absolute atomic E-state index is 12.9. The van der Waals surface area contributed by atoms with Gasteiger partial charge in [0.1, 0.15) is 11.4 Å². The van der Waals surface area contributed by atoms with Crippen LogP contribution >= 0.6 is 15.9 Å². The first-order valence-corrected chi connectivity index (χ1v) is 12.5. The third kappa shape index (κ3) is 4.31. The molecule has 5 rings (SSSR count). The summed E-state index contributed by atoms with van der Waals surface area (Å²) >= 11 is 3.59. The molecule has 6 heteroatoms. The second-order valence-electron chi connectivity index (χ2n) is 9.36. The van der Waals surface area contributed by atoms with E-state index in [9.17, 15) is 5.11 Å². The van der Waals surface area contributed by atoms with Gasteiger partial charge in [-0.25, -0.2) is 4.98 Å². The lowest BCUT2D eigenvalue weighted by Gasteiger charge is -2.47. The summed E-state index contributed by atoms with van der Waals surface area (Å²) in [7, 11) is 5.68. The van der Waals surface area contributed by atoms with Crippen LogP contribution in [0.15, 0.2) is 83.3 Å². The number of aliphatic hydroxyl groups is 1. The van der Waals surface area contributed by atoms with E-state index in [4.69, 9.17) is 14.5 Å². The molecule has 1 N–H and O–H groups in total. The minimum atomic E-state index is -1.27. The van der Waals surface area contributed by atoms with Crippen molar-refractivity contribution in [2.45, 2.75) is 11.5 Å². The number of rotatable bonds is 6. The number of fused-ring (bicyclic) bond motifs is 2. The molecule has 2 heterocycles. The Balaban J connectivity index is 1.83. The first-order chi connectivity index (χ1) is 16.9. The molecular formula is C29H29BrN2O3. The summed E-state index contributed by atoms with van der Waals surface area (Å²) in [6.45, 7) is 1.06. The van der Waals surface area contributed by atoms with Gasteiger partial charge in [0, 0.05) is 39.4 Å². The van der Waals surface area contributed by atoms with Crippen molar-refractivity contribution in [2.75, 3.05) is 34.4 Å². The van der Waals surface area contributed by atoms with E-state index in [1.54, 1.807) is 7.11 Å². The molecule has 0 spiro atoms. The molecule has 0 bridgehead atoms. The number of ether oxygens (including phenoxy) is 2. The van der Waals surface area contributed by atoms with Gasteiger partial charge in [-0.1, -0.05) is 64.5 Å². The SMILES string of the molecule is COc1nc2ccc(Br)cc2cc1[C@H](c1ccccc1)[C@]1(O)c2ccccc2OC[C@H]1CN(C)C. The normalized spacial score (nSPS) is 20.3. The summed E-state index contributed by atoms with van der Waals surface area (Å²) in [4.78, 5) is 6.95. The standard InChI is InChI=1S/C29H29BrN2O3/c1-32(2)17-21-18-35-26-12-8-7-11-24(26)29(21,33)27(19-9-5-4-6-10-19)23-16-20-15-22(30)13-14-25(20)31-28(23)34-3/h4-16,21,27,33H,17-18H2,1-3H3/t21-,27+,29-/m1/s1. The van der Waals surface area contributed by atoms with Gasteiger partial charge in [0.05, 0.1) is 19.2 Å². The fourth-order valence-corrected chi connectivity index (χ4v) is 5.70. The lowest BCUT2D eigenvalue weighted by atomic mass is 9.66. The van der Waals surface area contributed by atoms with Gasteiger partial charge in [0.15, 0.2) is 0 Å². The minimum absolute atomic E-state index is 0.194. The van der Waals surface area contributed by atoms with Crippen LogP contribution in [0.4, 0.5) is 0 Å². The third-order valence-electron chi connectivity index (χ3n) is 6.81. The van der Waals surface area contributed by atoms with Crippen molar-refractivity contribution >= 4 is 26.8 Å². The van der Waals surface area contributed by atoms with Crippen molar-refractivity contribution in [2.24, 2.45) is 5.92 Å². The molecule has 1 aliphatic rings. The number of aromatic nitrogens is 1. The molecule has 0 saturated carbocycles. The van der Waals surface area contributed by atoms with Crippen molar-refractivity contribution in [1.29, 1.82) is 0 Å². The molecule has 3 aromatic carbocycles. The largest absolute Gasteiger partial charge is 0.493 e. The fraction of sp³-hybridized carbons (Fsp3) is 0.276. The first-order valence-electron chi connectivity index (χ1n) is 11.7. The molecule has 0 amide bonds. The van der Waals surface area contributed by atoms with Crippen molar-refractivity contribution in [3.63, 3.8) is 0 Å². The Morgan fingerprint density at radius 3 is 2.57 bits per heavy atom. The summed E-state index contributed by atoms with van der Waals surface area (Å²) in [6.07, 6.45) is 0. The van der Waals surface area contributed by atoms with Crippen LogP contribution in [0, 0.1) is 5.92 Å². The monoisotopic (exact) mass is 532 g/mol. The average Bonchev–Trinajstić information content (AvgIpc) is 2.86. The number of halogens is 1. The summed E-state index contributed by atoms with van der Waals surface area (Å²) in [5.41, 5.74) is 2.18. The summed E-state index contributed by atoms with van der Waals surface area (Å²) in [5.74, 6) is 0.584. The Labute approximate surface area is 214 Å². The smallest absolute Gasteiger partial charge is 0.217 e. The quantitative estimate of drug-likeness (QED) is 0.350. The van der Waals surface area contributed by atoms with Gasteiger partial charge in [0.2, 0.25) is 5.88 Å². The number of para-hydroxylation sites is 1. The van der Waals surface area contributed by atoms with E-state index in [1.807, 2.05) is 74.8 Å². The molecule has 0 radical (unpaired) electrons. The van der Waals surface area contributed by atoms with Gasteiger partial charge in [-0.15, -0.1) is 0 Å². The van der Waals surface area contributed by atoms with Crippen LogP contribution in [0.5, 0.6) is 11.6 Å². The fourth-order valence-electron chi connectivity index (χ4n) is 5.32. The molecule has 0 fully saturated rings. The summed E-state index contributed by atoms with van der Waals surface area (Å²) in [6, 6.07) is 26.0. The van der Waals surface area contributed by atoms with Gasteiger partial charge in [-0.05, 0) is 50.0 Å². The molecule has 0 aliphatic carbocycles. The highest BCUT2D eigenvalue weighted by atomic mass is 79.9. The number of methoxy groups -OCH3 is 1. The molecule has 0 unspecified atom stereocenters. The Morgan fingerprint density at radius 1 is 1.09 bits per heavy atom. The van der Waals surface area contributed by atoms with Gasteiger partial charge in [-0.3, -0.25) is 0 Å². The molecule has 1 aromatic heterocycles. The van der Waals surface area contributed by atoms with Crippen molar-refractivity contribution in [1.82, 2.24) is 9.88 Å². The zero-order valence-electron chi connectivity index (χ0n) is 20.1. The predicted molar refractivity (Wildman–Crippen MR) is 142 cm³/mol. The zero-order chi connectivity index (χ0) is 24.6. The van der Waals surface area contributed by atoms with Crippen LogP contribution in [0.1, 0.15) is 22.6 Å². The number of nitrogens with zero attached hydrogens (tertiary/aromatic N) is 2. The van der Waals surface area contributed by atoms with E-state index in [-0.39, 0.29) is 5.92 Å². The van der Waals surface area contributed by atoms with Crippen LogP contribution in [0.3, 0.4) is 0 Å². The Hall–Kier alpha value is -2.93. The Morgan fingerprint density at radius 2 is 1.83 bits per heavy atom. The average molecular weight is 533 g/mol. The third-order valence-corrected chi connectivity index (χ3v) is 7.31. The highest BCUT2D eigenvalue weighted by Crippen LogP contribution is 2.53. The molecular weight excluding hydrogens is 504 g/mol. The second-order valence-corrected chi connectivity index (χ2v) is 10.3. The topological polar surface area (TPSA) is 54.8 Å². The Kier molecular flexibility index (Phi) is 6.53. The minimum Gasteiger partial charge on any atom is -0.493 e. The molecule has 4 aromatic rings. The molecule has 1 aliphatic heterocycles. The van der Waals surface area contributed by atoms with Gasteiger partial charge in [-0.2, -0.15) is 0 Å². The number of hydrogen-bond donors (Lipinski definition) is 1. The first kappa shape index (κ1) is 23.8. The van der Waals surface area contributed by atoms with E-state index >= 15 is 0 Å². The Bertz CT molecular complexity index is 1340. The van der Waals surface area contributed by atoms with Crippen molar-refractivity contribution in [3.05, 3.63) is 100 Å². The summed E-state index contributed by atoms with van der Waals surface area (Å²) < 4.78 is 13.0. The zero-order valence-corrected chi connectivity index (χ0v) is 21.7. The van der Waals surface area contributed by atoms with Crippen LogP contribution in [0.2, 0.25) is 0 Å². The number of pyridine rings is 1. The van der Waals surface area contributed by atoms with E-state index in [1.165, 1.54) is 0 Å².